The Morgan fingerprint density at radius 1 is 1.44 bits per heavy atom. The molecular weight excluding hydrogens is 229 g/mol. The third-order valence-electron chi connectivity index (χ3n) is 2.92. The summed E-state index contributed by atoms with van der Waals surface area (Å²) in [6, 6.07) is 6.78. The Labute approximate surface area is 108 Å². The molecule has 2 N–H and O–H groups in total. The van der Waals surface area contributed by atoms with Crippen LogP contribution in [0.4, 0.5) is 10.1 Å². The maximum Gasteiger partial charge on any atom is 0.130 e. The van der Waals surface area contributed by atoms with E-state index in [9.17, 15) is 4.39 Å². The predicted octanol–water partition coefficient (Wildman–Crippen LogP) is 2.83. The molecule has 18 heavy (non-hydrogen) atoms. The van der Waals surface area contributed by atoms with Crippen molar-refractivity contribution in [2.75, 3.05) is 18.0 Å². The molecule has 1 rings (SSSR count). The molecule has 0 amide bonds. The highest BCUT2D eigenvalue weighted by atomic mass is 19.1. The molecule has 4 heteroatoms. The fourth-order valence-corrected chi connectivity index (χ4v) is 2.02. The molecule has 1 aromatic rings. The number of benzene rings is 1. The van der Waals surface area contributed by atoms with E-state index in [-0.39, 0.29) is 17.8 Å². The smallest absolute Gasteiger partial charge is 0.130 e. The summed E-state index contributed by atoms with van der Waals surface area (Å²) in [5.41, 5.74) is 7.14. The first-order chi connectivity index (χ1) is 8.51. The van der Waals surface area contributed by atoms with Crippen LogP contribution in [0.3, 0.4) is 0 Å². The van der Waals surface area contributed by atoms with Gasteiger partial charge in [-0.15, -0.1) is 0 Å². The van der Waals surface area contributed by atoms with Crippen LogP contribution in [0.15, 0.2) is 18.2 Å². The van der Waals surface area contributed by atoms with Crippen molar-refractivity contribution in [2.45, 2.75) is 26.8 Å². The van der Waals surface area contributed by atoms with Gasteiger partial charge in [0.2, 0.25) is 0 Å². The number of anilines is 1. The van der Waals surface area contributed by atoms with Crippen molar-refractivity contribution in [3.8, 4) is 6.07 Å². The molecule has 0 fully saturated rings. The van der Waals surface area contributed by atoms with E-state index < -0.39 is 0 Å². The molecular formula is C14H20FN3. The molecule has 0 spiro atoms. The van der Waals surface area contributed by atoms with Crippen molar-refractivity contribution in [3.05, 3.63) is 29.6 Å². The Kier molecular flexibility index (Phi) is 5.11. The lowest BCUT2D eigenvalue weighted by Gasteiger charge is -2.28. The Morgan fingerprint density at radius 2 is 2.11 bits per heavy atom. The van der Waals surface area contributed by atoms with Crippen LogP contribution >= 0.6 is 0 Å². The first-order valence-electron chi connectivity index (χ1n) is 6.19. The molecule has 0 aliphatic rings. The molecule has 1 aromatic carbocycles. The highest BCUT2D eigenvalue weighted by Crippen LogP contribution is 2.28. The van der Waals surface area contributed by atoms with Crippen LogP contribution in [-0.2, 0) is 0 Å². The molecule has 1 unspecified atom stereocenters. The second-order valence-corrected chi connectivity index (χ2v) is 4.53. The minimum atomic E-state index is -0.368. The van der Waals surface area contributed by atoms with Gasteiger partial charge in [0.15, 0.2) is 0 Å². The minimum Gasteiger partial charge on any atom is -0.370 e. The van der Waals surface area contributed by atoms with Crippen LogP contribution in [0, 0.1) is 23.1 Å². The molecule has 0 aliphatic heterocycles. The first kappa shape index (κ1) is 14.5. The van der Waals surface area contributed by atoms with E-state index in [1.165, 1.54) is 6.07 Å². The molecule has 98 valence electrons. The van der Waals surface area contributed by atoms with Gasteiger partial charge < -0.3 is 10.6 Å². The number of nitriles is 1. The summed E-state index contributed by atoms with van der Waals surface area (Å²) in [5.74, 6) is -0.389. The molecule has 0 radical (unpaired) electrons. The van der Waals surface area contributed by atoms with E-state index in [2.05, 4.69) is 6.07 Å². The van der Waals surface area contributed by atoms with Gasteiger partial charge in [-0.3, -0.25) is 0 Å². The van der Waals surface area contributed by atoms with Gasteiger partial charge in [0, 0.05) is 30.4 Å². The van der Waals surface area contributed by atoms with Crippen molar-refractivity contribution in [1.29, 1.82) is 5.26 Å². The molecule has 0 aromatic heterocycles. The lowest BCUT2D eigenvalue weighted by Crippen LogP contribution is -2.29. The summed E-state index contributed by atoms with van der Waals surface area (Å²) in [4.78, 5) is 2.00. The van der Waals surface area contributed by atoms with Crippen molar-refractivity contribution in [2.24, 2.45) is 11.7 Å². The van der Waals surface area contributed by atoms with E-state index in [1.54, 1.807) is 13.0 Å². The monoisotopic (exact) mass is 249 g/mol. The lowest BCUT2D eigenvalue weighted by molar-refractivity contribution is 0.589. The standard InChI is InChI=1S/C14H20FN3/c1-4-18(9-10(2)8-16)13-7-5-6-12(15)14(13)11(3)17/h5-7,10-11H,4,9,17H2,1-3H3/t10?,11-/m0/s1. The van der Waals surface area contributed by atoms with Crippen LogP contribution in [0.25, 0.3) is 0 Å². The quantitative estimate of drug-likeness (QED) is 0.873. The Balaban J connectivity index is 3.13. The highest BCUT2D eigenvalue weighted by Gasteiger charge is 2.18. The summed E-state index contributed by atoms with van der Waals surface area (Å²) >= 11 is 0. The molecule has 0 heterocycles. The van der Waals surface area contributed by atoms with Gasteiger partial charge in [-0.25, -0.2) is 4.39 Å². The van der Waals surface area contributed by atoms with Gasteiger partial charge in [-0.1, -0.05) is 6.07 Å². The maximum atomic E-state index is 13.8. The largest absolute Gasteiger partial charge is 0.370 e. The zero-order valence-corrected chi connectivity index (χ0v) is 11.2. The topological polar surface area (TPSA) is 53.0 Å². The average Bonchev–Trinajstić information content (AvgIpc) is 2.34. The van der Waals surface area contributed by atoms with Gasteiger partial charge in [0.1, 0.15) is 5.82 Å². The molecule has 0 saturated carbocycles. The van der Waals surface area contributed by atoms with Crippen LogP contribution < -0.4 is 10.6 Å². The molecule has 0 bridgehead atoms. The van der Waals surface area contributed by atoms with Crippen molar-refractivity contribution >= 4 is 5.69 Å². The van der Waals surface area contributed by atoms with Gasteiger partial charge in [-0.05, 0) is 32.9 Å². The van der Waals surface area contributed by atoms with Crippen molar-refractivity contribution in [3.63, 3.8) is 0 Å². The van der Waals surface area contributed by atoms with E-state index in [1.807, 2.05) is 24.8 Å². The third kappa shape index (κ3) is 3.21. The summed E-state index contributed by atoms with van der Waals surface area (Å²) in [5, 5.41) is 8.88. The first-order valence-corrected chi connectivity index (χ1v) is 6.19. The zero-order valence-electron chi connectivity index (χ0n) is 11.2. The number of hydrogen-bond donors (Lipinski definition) is 1. The summed E-state index contributed by atoms with van der Waals surface area (Å²) < 4.78 is 13.8. The Morgan fingerprint density at radius 3 is 2.61 bits per heavy atom. The van der Waals surface area contributed by atoms with Crippen molar-refractivity contribution < 1.29 is 4.39 Å². The molecule has 3 nitrogen and oxygen atoms in total. The Hall–Kier alpha value is -1.60. The number of halogens is 1. The summed E-state index contributed by atoms with van der Waals surface area (Å²) in [7, 11) is 0. The number of rotatable bonds is 5. The second-order valence-electron chi connectivity index (χ2n) is 4.53. The van der Waals surface area contributed by atoms with Crippen LogP contribution in [-0.4, -0.2) is 13.1 Å². The fourth-order valence-electron chi connectivity index (χ4n) is 2.02. The molecule has 2 atom stereocenters. The van der Waals surface area contributed by atoms with Crippen LogP contribution in [0.1, 0.15) is 32.4 Å². The normalized spacial score (nSPS) is 13.8. The number of nitrogens with zero attached hydrogens (tertiary/aromatic N) is 2. The zero-order chi connectivity index (χ0) is 13.7. The third-order valence-corrected chi connectivity index (χ3v) is 2.92. The second kappa shape index (κ2) is 6.36. The van der Waals surface area contributed by atoms with Crippen molar-refractivity contribution in [1.82, 2.24) is 0 Å². The fraction of sp³-hybridized carbons (Fsp3) is 0.500. The van der Waals surface area contributed by atoms with Crippen LogP contribution in [0.2, 0.25) is 0 Å². The van der Waals surface area contributed by atoms with E-state index in [0.29, 0.717) is 12.1 Å². The number of hydrogen-bond acceptors (Lipinski definition) is 3. The molecule has 0 saturated heterocycles. The van der Waals surface area contributed by atoms with Gasteiger partial charge in [0.05, 0.1) is 12.0 Å². The average molecular weight is 249 g/mol. The van der Waals surface area contributed by atoms with Gasteiger partial charge >= 0.3 is 0 Å². The predicted molar refractivity (Wildman–Crippen MR) is 71.7 cm³/mol. The Bertz CT molecular complexity index is 437. The SMILES string of the molecule is CCN(CC(C)C#N)c1cccc(F)c1[C@H](C)N. The van der Waals surface area contributed by atoms with Gasteiger partial charge in [-0.2, -0.15) is 5.26 Å². The minimum absolute atomic E-state index is 0.103. The highest BCUT2D eigenvalue weighted by molar-refractivity contribution is 5.55. The summed E-state index contributed by atoms with van der Waals surface area (Å²) in [6.07, 6.45) is 0. The summed E-state index contributed by atoms with van der Waals surface area (Å²) in [6.45, 7) is 6.91. The van der Waals surface area contributed by atoms with E-state index >= 15 is 0 Å². The van der Waals surface area contributed by atoms with Gasteiger partial charge in [0.25, 0.3) is 0 Å². The lowest BCUT2D eigenvalue weighted by atomic mass is 10.0. The van der Waals surface area contributed by atoms with E-state index in [0.717, 1.165) is 12.2 Å². The maximum absolute atomic E-state index is 13.8. The number of nitrogens with two attached hydrogens (primary N) is 1. The van der Waals surface area contributed by atoms with E-state index in [4.69, 9.17) is 11.0 Å². The molecule has 0 aliphatic carbocycles. The van der Waals surface area contributed by atoms with Crippen LogP contribution in [0.5, 0.6) is 0 Å².